The molecule has 2 aromatic carbocycles. The summed E-state index contributed by atoms with van der Waals surface area (Å²) in [5, 5.41) is 0.523. The Kier molecular flexibility index (Phi) is 2.94. The van der Waals surface area contributed by atoms with Crippen LogP contribution in [-0.2, 0) is 6.42 Å². The Morgan fingerprint density at radius 1 is 1.16 bits per heavy atom. The van der Waals surface area contributed by atoms with Crippen LogP contribution in [-0.4, -0.2) is 6.10 Å². The third-order valence-corrected chi connectivity index (χ3v) is 3.40. The van der Waals surface area contributed by atoms with Crippen molar-refractivity contribution in [1.82, 2.24) is 0 Å². The van der Waals surface area contributed by atoms with Crippen LogP contribution in [0.15, 0.2) is 30.3 Å². The molecule has 4 heteroatoms. The first-order chi connectivity index (χ1) is 9.04. The third-order valence-electron chi connectivity index (χ3n) is 3.18. The normalized spacial score (nSPS) is 17.2. The molecule has 0 aromatic heterocycles. The summed E-state index contributed by atoms with van der Waals surface area (Å²) in [6.45, 7) is 1.94. The standard InChI is InChI=1S/C15H11ClF2O/c1-8-4-9-5-10(16)6-13(15(9)19-8)12-3-2-11(17)7-14(12)18/h2-3,5-8H,4H2,1H3. The van der Waals surface area contributed by atoms with Crippen LogP contribution in [0.5, 0.6) is 5.75 Å². The maximum atomic E-state index is 13.9. The Balaban J connectivity index is 2.21. The van der Waals surface area contributed by atoms with Gasteiger partial charge in [0.05, 0.1) is 0 Å². The summed E-state index contributed by atoms with van der Waals surface area (Å²) in [7, 11) is 0. The molecule has 1 unspecified atom stereocenters. The van der Waals surface area contributed by atoms with Crippen molar-refractivity contribution >= 4 is 11.6 Å². The highest BCUT2D eigenvalue weighted by Crippen LogP contribution is 2.41. The summed E-state index contributed by atoms with van der Waals surface area (Å²) < 4.78 is 32.6. The van der Waals surface area contributed by atoms with Gasteiger partial charge in [0, 0.05) is 28.6 Å². The first-order valence-electron chi connectivity index (χ1n) is 5.99. The lowest BCUT2D eigenvalue weighted by molar-refractivity contribution is 0.255. The molecular formula is C15H11ClF2O. The first-order valence-corrected chi connectivity index (χ1v) is 6.37. The fraction of sp³-hybridized carbons (Fsp3) is 0.200. The number of rotatable bonds is 1. The van der Waals surface area contributed by atoms with E-state index in [-0.39, 0.29) is 6.10 Å². The van der Waals surface area contributed by atoms with Crippen molar-refractivity contribution in [3.63, 3.8) is 0 Å². The summed E-state index contributed by atoms with van der Waals surface area (Å²) in [6.07, 6.45) is 0.779. The molecule has 19 heavy (non-hydrogen) atoms. The van der Waals surface area contributed by atoms with E-state index in [1.54, 1.807) is 6.07 Å². The van der Waals surface area contributed by atoms with Gasteiger partial charge in [-0.3, -0.25) is 0 Å². The van der Waals surface area contributed by atoms with Crippen molar-refractivity contribution in [2.75, 3.05) is 0 Å². The molecule has 0 bridgehead atoms. The number of halogens is 3. The molecule has 2 aromatic rings. The van der Waals surface area contributed by atoms with Crippen molar-refractivity contribution < 1.29 is 13.5 Å². The minimum absolute atomic E-state index is 0.0377. The highest BCUT2D eigenvalue weighted by Gasteiger charge is 2.24. The highest BCUT2D eigenvalue weighted by molar-refractivity contribution is 6.31. The number of hydrogen-bond donors (Lipinski definition) is 0. The zero-order chi connectivity index (χ0) is 13.6. The van der Waals surface area contributed by atoms with Gasteiger partial charge in [0.2, 0.25) is 0 Å². The van der Waals surface area contributed by atoms with Crippen molar-refractivity contribution in [2.45, 2.75) is 19.4 Å². The van der Waals surface area contributed by atoms with Crippen LogP contribution < -0.4 is 4.74 Å². The molecule has 1 aliphatic rings. The molecule has 1 nitrogen and oxygen atoms in total. The van der Waals surface area contributed by atoms with Gasteiger partial charge in [0.15, 0.2) is 0 Å². The van der Waals surface area contributed by atoms with E-state index in [1.807, 2.05) is 13.0 Å². The van der Waals surface area contributed by atoms with Gasteiger partial charge < -0.3 is 4.74 Å². The van der Waals surface area contributed by atoms with E-state index in [2.05, 4.69) is 0 Å². The van der Waals surface area contributed by atoms with Crippen LogP contribution in [0.25, 0.3) is 11.1 Å². The molecule has 3 rings (SSSR count). The Labute approximate surface area is 114 Å². The minimum atomic E-state index is -0.618. The van der Waals surface area contributed by atoms with Crippen molar-refractivity contribution in [2.24, 2.45) is 0 Å². The van der Waals surface area contributed by atoms with E-state index in [0.29, 0.717) is 21.9 Å². The Morgan fingerprint density at radius 2 is 1.95 bits per heavy atom. The zero-order valence-electron chi connectivity index (χ0n) is 10.2. The molecule has 0 saturated heterocycles. The molecule has 0 saturated carbocycles. The van der Waals surface area contributed by atoms with Crippen LogP contribution in [0.1, 0.15) is 12.5 Å². The molecule has 1 atom stereocenters. The van der Waals surface area contributed by atoms with E-state index >= 15 is 0 Å². The van der Waals surface area contributed by atoms with E-state index in [0.717, 1.165) is 18.1 Å². The molecule has 0 fully saturated rings. The van der Waals surface area contributed by atoms with Gasteiger partial charge in [-0.25, -0.2) is 8.78 Å². The van der Waals surface area contributed by atoms with Crippen LogP contribution in [0.4, 0.5) is 8.78 Å². The molecule has 1 aliphatic heterocycles. The van der Waals surface area contributed by atoms with Crippen molar-refractivity contribution in [3.8, 4) is 16.9 Å². The fourth-order valence-electron chi connectivity index (χ4n) is 2.40. The predicted octanol–water partition coefficient (Wildman–Crippen LogP) is 4.61. The van der Waals surface area contributed by atoms with Gasteiger partial charge in [-0.2, -0.15) is 0 Å². The van der Waals surface area contributed by atoms with Gasteiger partial charge in [-0.1, -0.05) is 11.6 Å². The number of hydrogen-bond acceptors (Lipinski definition) is 1. The molecule has 0 spiro atoms. The van der Waals surface area contributed by atoms with E-state index in [1.165, 1.54) is 12.1 Å². The maximum absolute atomic E-state index is 13.9. The van der Waals surface area contributed by atoms with Gasteiger partial charge in [-0.05, 0) is 36.8 Å². The Hall–Kier alpha value is -1.61. The van der Waals surface area contributed by atoms with Crippen molar-refractivity contribution in [3.05, 3.63) is 52.6 Å². The van der Waals surface area contributed by atoms with Crippen LogP contribution in [0.2, 0.25) is 5.02 Å². The number of benzene rings is 2. The van der Waals surface area contributed by atoms with E-state index in [9.17, 15) is 8.78 Å². The van der Waals surface area contributed by atoms with Crippen LogP contribution in [0.3, 0.4) is 0 Å². The highest BCUT2D eigenvalue weighted by atomic mass is 35.5. The minimum Gasteiger partial charge on any atom is -0.489 e. The van der Waals surface area contributed by atoms with Crippen molar-refractivity contribution in [1.29, 1.82) is 0 Å². The molecular weight excluding hydrogens is 270 g/mol. The average molecular weight is 281 g/mol. The summed E-state index contributed by atoms with van der Waals surface area (Å²) in [5.74, 6) is -0.579. The summed E-state index contributed by atoms with van der Waals surface area (Å²) in [6, 6.07) is 6.97. The molecule has 0 radical (unpaired) electrons. The third kappa shape index (κ3) is 2.19. The monoisotopic (exact) mass is 280 g/mol. The summed E-state index contributed by atoms with van der Waals surface area (Å²) >= 11 is 6.06. The van der Waals surface area contributed by atoms with Gasteiger partial charge in [-0.15, -0.1) is 0 Å². The second kappa shape index (κ2) is 4.49. The van der Waals surface area contributed by atoms with Crippen LogP contribution in [0, 0.1) is 11.6 Å². The second-order valence-corrected chi connectivity index (χ2v) is 5.13. The molecule has 0 amide bonds. The number of fused-ring (bicyclic) bond motifs is 1. The number of ether oxygens (including phenoxy) is 1. The zero-order valence-corrected chi connectivity index (χ0v) is 11.0. The Morgan fingerprint density at radius 3 is 2.68 bits per heavy atom. The molecule has 0 N–H and O–H groups in total. The lowest BCUT2D eigenvalue weighted by Gasteiger charge is -2.11. The summed E-state index contributed by atoms with van der Waals surface area (Å²) in [4.78, 5) is 0. The Bertz CT molecular complexity index is 655. The SMILES string of the molecule is CC1Cc2cc(Cl)cc(-c3ccc(F)cc3F)c2O1. The van der Waals surface area contributed by atoms with E-state index in [4.69, 9.17) is 16.3 Å². The van der Waals surface area contributed by atoms with Gasteiger partial charge >= 0.3 is 0 Å². The topological polar surface area (TPSA) is 9.23 Å². The first kappa shape index (κ1) is 12.4. The predicted molar refractivity (Wildman–Crippen MR) is 70.6 cm³/mol. The lowest BCUT2D eigenvalue weighted by Crippen LogP contribution is -2.05. The summed E-state index contributed by atoms with van der Waals surface area (Å²) in [5.41, 5.74) is 1.83. The van der Waals surface area contributed by atoms with E-state index < -0.39 is 11.6 Å². The fourth-order valence-corrected chi connectivity index (χ4v) is 2.64. The van der Waals surface area contributed by atoms with Crippen LogP contribution >= 0.6 is 11.6 Å². The smallest absolute Gasteiger partial charge is 0.134 e. The molecule has 0 aliphatic carbocycles. The molecule has 98 valence electrons. The quantitative estimate of drug-likeness (QED) is 0.741. The largest absolute Gasteiger partial charge is 0.489 e. The van der Waals surface area contributed by atoms with Gasteiger partial charge in [0.25, 0.3) is 0 Å². The molecule has 1 heterocycles. The lowest BCUT2D eigenvalue weighted by atomic mass is 10.00. The van der Waals surface area contributed by atoms with Gasteiger partial charge in [0.1, 0.15) is 23.5 Å². The average Bonchev–Trinajstić information content (AvgIpc) is 2.68. The second-order valence-electron chi connectivity index (χ2n) is 4.70. The maximum Gasteiger partial charge on any atom is 0.134 e.